The van der Waals surface area contributed by atoms with Gasteiger partial charge in [-0.05, 0) is 30.7 Å². The molecule has 3 rings (SSSR count). The zero-order valence-corrected chi connectivity index (χ0v) is 17.7. The molecule has 2 aromatic carbocycles. The zero-order valence-electron chi connectivity index (χ0n) is 16.9. The van der Waals surface area contributed by atoms with Crippen molar-refractivity contribution in [3.05, 3.63) is 75.6 Å². The lowest BCUT2D eigenvalue weighted by Gasteiger charge is -2.07. The average molecular weight is 440 g/mol. The van der Waals surface area contributed by atoms with Gasteiger partial charge in [0.25, 0.3) is 11.6 Å². The van der Waals surface area contributed by atoms with Crippen LogP contribution in [0.3, 0.4) is 0 Å². The summed E-state index contributed by atoms with van der Waals surface area (Å²) in [5.41, 5.74) is 1.80. The summed E-state index contributed by atoms with van der Waals surface area (Å²) in [6.45, 7) is 2.03. The van der Waals surface area contributed by atoms with Crippen LogP contribution < -0.4 is 10.6 Å². The first-order chi connectivity index (χ1) is 14.8. The first-order valence-electron chi connectivity index (χ1n) is 9.23. The van der Waals surface area contributed by atoms with Crippen LogP contribution in [0.1, 0.15) is 21.7 Å². The van der Waals surface area contributed by atoms with Crippen molar-refractivity contribution in [1.29, 1.82) is 0 Å². The van der Waals surface area contributed by atoms with E-state index in [1.165, 1.54) is 36.0 Å². The van der Waals surface area contributed by atoms with Gasteiger partial charge < -0.3 is 15.2 Å². The maximum absolute atomic E-state index is 12.3. The molecule has 0 aliphatic heterocycles. The molecule has 2 amide bonds. The molecule has 0 bridgehead atoms. The van der Waals surface area contributed by atoms with Crippen molar-refractivity contribution in [3.8, 4) is 0 Å². The van der Waals surface area contributed by atoms with Gasteiger partial charge in [-0.25, -0.2) is 0 Å². The number of thioether (sulfide) groups is 1. The third-order valence-corrected chi connectivity index (χ3v) is 5.31. The second-order valence-corrected chi connectivity index (χ2v) is 7.60. The van der Waals surface area contributed by atoms with E-state index in [0.29, 0.717) is 11.0 Å². The number of benzene rings is 2. The number of hydrogen-bond donors (Lipinski definition) is 2. The van der Waals surface area contributed by atoms with E-state index in [1.54, 1.807) is 11.6 Å². The Bertz CT molecular complexity index is 1130. The number of non-ortho nitro benzene ring substituents is 1. The quantitative estimate of drug-likeness (QED) is 0.313. The van der Waals surface area contributed by atoms with Crippen LogP contribution in [0.4, 0.5) is 11.4 Å². The minimum absolute atomic E-state index is 0.0844. The van der Waals surface area contributed by atoms with Gasteiger partial charge in [0.15, 0.2) is 11.0 Å². The summed E-state index contributed by atoms with van der Waals surface area (Å²) >= 11 is 1.22. The predicted molar refractivity (Wildman–Crippen MR) is 116 cm³/mol. The Kier molecular flexibility index (Phi) is 6.98. The fourth-order valence-corrected chi connectivity index (χ4v) is 3.43. The molecule has 0 spiro atoms. The van der Waals surface area contributed by atoms with E-state index >= 15 is 0 Å². The smallest absolute Gasteiger partial charge is 0.270 e. The molecule has 31 heavy (non-hydrogen) atoms. The number of nitro benzene ring substituents is 1. The normalized spacial score (nSPS) is 10.5. The van der Waals surface area contributed by atoms with Crippen molar-refractivity contribution in [2.45, 2.75) is 18.6 Å². The Morgan fingerprint density at radius 3 is 2.68 bits per heavy atom. The van der Waals surface area contributed by atoms with Crippen molar-refractivity contribution in [1.82, 2.24) is 20.1 Å². The van der Waals surface area contributed by atoms with E-state index in [1.807, 2.05) is 31.2 Å². The second-order valence-electron chi connectivity index (χ2n) is 6.65. The van der Waals surface area contributed by atoms with Crippen LogP contribution in [0, 0.1) is 17.0 Å². The Labute approximate surface area is 182 Å². The average Bonchev–Trinajstić information content (AvgIpc) is 3.10. The predicted octanol–water partition coefficient (Wildman–Crippen LogP) is 2.69. The van der Waals surface area contributed by atoms with Crippen LogP contribution in [-0.4, -0.2) is 37.3 Å². The van der Waals surface area contributed by atoms with E-state index in [2.05, 4.69) is 20.8 Å². The van der Waals surface area contributed by atoms with Gasteiger partial charge in [0.2, 0.25) is 5.91 Å². The molecule has 0 radical (unpaired) electrons. The molecule has 0 unspecified atom stereocenters. The van der Waals surface area contributed by atoms with Gasteiger partial charge >= 0.3 is 0 Å². The van der Waals surface area contributed by atoms with Crippen molar-refractivity contribution in [2.24, 2.45) is 7.05 Å². The standard InChI is InChI=1S/C20H20N6O4S/c1-13-5-3-7-15(9-13)22-18(27)12-31-20-24-23-17(25(20)2)11-21-19(28)14-6-4-8-16(10-14)26(29)30/h3-10H,11-12H2,1-2H3,(H,21,28)(H,22,27). The molecule has 2 N–H and O–H groups in total. The monoisotopic (exact) mass is 440 g/mol. The SMILES string of the molecule is Cc1cccc(NC(=O)CSc2nnc(CNC(=O)c3cccc([N+](=O)[O-])c3)n2C)c1. The largest absolute Gasteiger partial charge is 0.345 e. The third kappa shape index (κ3) is 5.89. The highest BCUT2D eigenvalue weighted by Crippen LogP contribution is 2.17. The first-order valence-corrected chi connectivity index (χ1v) is 10.2. The number of carbonyl (C=O) groups excluding carboxylic acids is 2. The fourth-order valence-electron chi connectivity index (χ4n) is 2.70. The summed E-state index contributed by atoms with van der Waals surface area (Å²) < 4.78 is 1.68. The summed E-state index contributed by atoms with van der Waals surface area (Å²) in [6.07, 6.45) is 0. The van der Waals surface area contributed by atoms with E-state index in [0.717, 1.165) is 11.3 Å². The van der Waals surface area contributed by atoms with E-state index < -0.39 is 10.8 Å². The second kappa shape index (κ2) is 9.85. The van der Waals surface area contributed by atoms with Crippen LogP contribution in [-0.2, 0) is 18.4 Å². The van der Waals surface area contributed by atoms with Gasteiger partial charge in [0.05, 0.1) is 17.2 Å². The summed E-state index contributed by atoms with van der Waals surface area (Å²) in [4.78, 5) is 34.7. The van der Waals surface area contributed by atoms with Crippen LogP contribution >= 0.6 is 11.8 Å². The van der Waals surface area contributed by atoms with Crippen molar-refractivity contribution in [2.75, 3.05) is 11.1 Å². The number of nitrogens with zero attached hydrogens (tertiary/aromatic N) is 4. The van der Waals surface area contributed by atoms with Crippen molar-refractivity contribution < 1.29 is 14.5 Å². The molecular formula is C20H20N6O4S. The highest BCUT2D eigenvalue weighted by atomic mass is 32.2. The topological polar surface area (TPSA) is 132 Å². The minimum Gasteiger partial charge on any atom is -0.345 e. The molecule has 0 saturated carbocycles. The lowest BCUT2D eigenvalue weighted by Crippen LogP contribution is -2.24. The molecule has 11 heteroatoms. The zero-order chi connectivity index (χ0) is 22.4. The van der Waals surface area contributed by atoms with E-state index in [9.17, 15) is 19.7 Å². The number of hydrogen-bond acceptors (Lipinski definition) is 7. The molecule has 3 aromatic rings. The number of nitro groups is 1. The molecule has 10 nitrogen and oxygen atoms in total. The summed E-state index contributed by atoms with van der Waals surface area (Å²) in [7, 11) is 1.73. The van der Waals surface area contributed by atoms with Crippen LogP contribution in [0.2, 0.25) is 0 Å². The lowest BCUT2D eigenvalue weighted by atomic mass is 10.2. The molecule has 0 aliphatic rings. The molecule has 0 saturated heterocycles. The van der Waals surface area contributed by atoms with Gasteiger partial charge in [-0.2, -0.15) is 0 Å². The lowest BCUT2D eigenvalue weighted by molar-refractivity contribution is -0.384. The number of nitrogens with one attached hydrogen (secondary N) is 2. The van der Waals surface area contributed by atoms with Gasteiger partial charge in [-0.1, -0.05) is 30.0 Å². The summed E-state index contributed by atoms with van der Waals surface area (Å²) in [5.74, 6) is 0.0119. The molecule has 1 heterocycles. The minimum atomic E-state index is -0.557. The van der Waals surface area contributed by atoms with Crippen LogP contribution in [0.15, 0.2) is 53.7 Å². The van der Waals surface area contributed by atoms with Gasteiger partial charge in [-0.15, -0.1) is 10.2 Å². The molecule has 160 valence electrons. The summed E-state index contributed by atoms with van der Waals surface area (Å²) in [6, 6.07) is 13.0. The van der Waals surface area contributed by atoms with E-state index in [-0.39, 0.29) is 29.5 Å². The molecule has 0 fully saturated rings. The van der Waals surface area contributed by atoms with Gasteiger partial charge in [-0.3, -0.25) is 19.7 Å². The van der Waals surface area contributed by atoms with Gasteiger partial charge in [0, 0.05) is 30.4 Å². The molecule has 0 aliphatic carbocycles. The maximum atomic E-state index is 12.3. The highest BCUT2D eigenvalue weighted by Gasteiger charge is 2.15. The number of amides is 2. The van der Waals surface area contributed by atoms with Crippen LogP contribution in [0.5, 0.6) is 0 Å². The fraction of sp³-hybridized carbons (Fsp3) is 0.200. The third-order valence-electron chi connectivity index (χ3n) is 4.29. The number of carbonyl (C=O) groups is 2. The molecule has 0 atom stereocenters. The Balaban J connectivity index is 1.54. The first kappa shape index (κ1) is 22.0. The van der Waals surface area contributed by atoms with Crippen molar-refractivity contribution >= 4 is 35.0 Å². The maximum Gasteiger partial charge on any atom is 0.270 e. The number of aryl methyl sites for hydroxylation is 1. The van der Waals surface area contributed by atoms with Gasteiger partial charge in [0.1, 0.15) is 0 Å². The Morgan fingerprint density at radius 1 is 1.16 bits per heavy atom. The Hall–Kier alpha value is -3.73. The van der Waals surface area contributed by atoms with Crippen LogP contribution in [0.25, 0.3) is 0 Å². The number of aromatic nitrogens is 3. The number of rotatable bonds is 8. The number of anilines is 1. The molecular weight excluding hydrogens is 420 g/mol. The highest BCUT2D eigenvalue weighted by molar-refractivity contribution is 7.99. The van der Waals surface area contributed by atoms with Crippen molar-refractivity contribution in [3.63, 3.8) is 0 Å². The molecule has 1 aromatic heterocycles. The van der Waals surface area contributed by atoms with E-state index in [4.69, 9.17) is 0 Å². The Morgan fingerprint density at radius 2 is 1.94 bits per heavy atom. The summed E-state index contributed by atoms with van der Waals surface area (Å²) in [5, 5.41) is 25.0.